The fourth-order valence-electron chi connectivity index (χ4n) is 2.61. The smallest absolute Gasteiger partial charge is 0.211 e. The van der Waals surface area contributed by atoms with Gasteiger partial charge in [-0.3, -0.25) is 0 Å². The second-order valence-corrected chi connectivity index (χ2v) is 9.24. The molecule has 0 aromatic heterocycles. The predicted molar refractivity (Wildman–Crippen MR) is 82.6 cm³/mol. The Morgan fingerprint density at radius 1 is 1.19 bits per heavy atom. The molecule has 0 amide bonds. The van der Waals surface area contributed by atoms with E-state index in [-0.39, 0.29) is 10.9 Å². The normalized spacial score (nSPS) is 20.6. The van der Waals surface area contributed by atoms with Gasteiger partial charge in [0.15, 0.2) is 9.84 Å². The second kappa shape index (κ2) is 5.94. The molecule has 1 saturated heterocycles. The zero-order valence-corrected chi connectivity index (χ0v) is 13.7. The number of nitrogens with zero attached hydrogens (tertiary/aromatic N) is 1. The Bertz CT molecular complexity index is 713. The summed E-state index contributed by atoms with van der Waals surface area (Å²) in [5.74, 6) is 0. The second-order valence-electron chi connectivity index (χ2n) is 5.32. The van der Waals surface area contributed by atoms with Crippen LogP contribution in [0.5, 0.6) is 0 Å². The maximum absolute atomic E-state index is 11.7. The van der Waals surface area contributed by atoms with Gasteiger partial charge in [-0.1, -0.05) is 12.1 Å². The molecule has 1 aliphatic rings. The van der Waals surface area contributed by atoms with Crippen molar-refractivity contribution in [2.75, 3.05) is 30.9 Å². The van der Waals surface area contributed by atoms with Crippen LogP contribution in [-0.2, 0) is 19.9 Å². The average molecular weight is 332 g/mol. The maximum Gasteiger partial charge on any atom is 0.211 e. The largest absolute Gasteiger partial charge is 0.382 e. The molecule has 21 heavy (non-hydrogen) atoms. The number of rotatable bonds is 5. The van der Waals surface area contributed by atoms with Crippen LogP contribution < -0.4 is 5.32 Å². The Kier molecular flexibility index (Phi) is 4.60. The highest BCUT2D eigenvalue weighted by Crippen LogP contribution is 2.24. The van der Waals surface area contributed by atoms with Gasteiger partial charge in [-0.15, -0.1) is 0 Å². The molecule has 1 atom stereocenters. The number of sulfonamides is 1. The highest BCUT2D eigenvalue weighted by atomic mass is 32.2. The van der Waals surface area contributed by atoms with E-state index in [4.69, 9.17) is 0 Å². The molecule has 1 aromatic rings. The molecule has 118 valence electrons. The Morgan fingerprint density at radius 2 is 1.86 bits per heavy atom. The summed E-state index contributed by atoms with van der Waals surface area (Å²) in [6.07, 6.45) is 3.97. The number of benzene rings is 1. The van der Waals surface area contributed by atoms with Crippen LogP contribution in [0.2, 0.25) is 0 Å². The highest BCUT2D eigenvalue weighted by Gasteiger charge is 2.31. The van der Waals surface area contributed by atoms with E-state index in [1.807, 2.05) is 0 Å². The van der Waals surface area contributed by atoms with E-state index in [0.717, 1.165) is 19.1 Å². The summed E-state index contributed by atoms with van der Waals surface area (Å²) in [6.45, 7) is 0.929. The lowest BCUT2D eigenvalue weighted by molar-refractivity contribution is 0.402. The van der Waals surface area contributed by atoms with E-state index in [0.29, 0.717) is 18.8 Å². The Morgan fingerprint density at radius 3 is 2.48 bits per heavy atom. The molecule has 1 N–H and O–H groups in total. The van der Waals surface area contributed by atoms with Crippen LogP contribution in [0.4, 0.5) is 5.69 Å². The van der Waals surface area contributed by atoms with E-state index in [2.05, 4.69) is 5.32 Å². The predicted octanol–water partition coefficient (Wildman–Crippen LogP) is 0.926. The number of sulfone groups is 1. The minimum absolute atomic E-state index is 0.132. The molecule has 0 aliphatic carbocycles. The SMILES string of the molecule is CS(=O)(=O)c1ccccc1NC[C@H]1CCCN1S(C)(=O)=O. The van der Waals surface area contributed by atoms with E-state index in [1.54, 1.807) is 24.3 Å². The van der Waals surface area contributed by atoms with Gasteiger partial charge in [-0.2, -0.15) is 4.31 Å². The molecule has 2 rings (SSSR count). The summed E-state index contributed by atoms with van der Waals surface area (Å²) in [4.78, 5) is 0.230. The lowest BCUT2D eigenvalue weighted by Gasteiger charge is -2.23. The van der Waals surface area contributed by atoms with Gasteiger partial charge in [0.2, 0.25) is 10.0 Å². The number of anilines is 1. The molecule has 1 aliphatic heterocycles. The first-order valence-electron chi connectivity index (χ1n) is 6.69. The molecule has 0 bridgehead atoms. The van der Waals surface area contributed by atoms with Crippen LogP contribution in [0.3, 0.4) is 0 Å². The fourth-order valence-corrected chi connectivity index (χ4v) is 4.66. The quantitative estimate of drug-likeness (QED) is 0.867. The minimum atomic E-state index is -3.32. The van der Waals surface area contributed by atoms with Gasteiger partial charge in [-0.05, 0) is 25.0 Å². The fraction of sp³-hybridized carbons (Fsp3) is 0.538. The zero-order valence-electron chi connectivity index (χ0n) is 12.1. The van der Waals surface area contributed by atoms with Gasteiger partial charge in [0.1, 0.15) is 0 Å². The summed E-state index contributed by atoms with van der Waals surface area (Å²) in [7, 11) is -6.54. The van der Waals surface area contributed by atoms with Crippen LogP contribution in [0.1, 0.15) is 12.8 Å². The topological polar surface area (TPSA) is 83.6 Å². The Balaban J connectivity index is 2.14. The van der Waals surface area contributed by atoms with Crippen molar-refractivity contribution in [3.05, 3.63) is 24.3 Å². The lowest BCUT2D eigenvalue weighted by Crippen LogP contribution is -2.38. The van der Waals surface area contributed by atoms with Crippen molar-refractivity contribution in [2.45, 2.75) is 23.8 Å². The first kappa shape index (κ1) is 16.3. The van der Waals surface area contributed by atoms with Crippen molar-refractivity contribution in [2.24, 2.45) is 0 Å². The van der Waals surface area contributed by atoms with Crippen LogP contribution >= 0.6 is 0 Å². The molecule has 8 heteroatoms. The first-order valence-corrected chi connectivity index (χ1v) is 10.4. The zero-order chi connectivity index (χ0) is 15.7. The van der Waals surface area contributed by atoms with Gasteiger partial charge in [0, 0.05) is 25.4 Å². The van der Waals surface area contributed by atoms with Crippen molar-refractivity contribution in [3.63, 3.8) is 0 Å². The van der Waals surface area contributed by atoms with Crippen molar-refractivity contribution in [1.82, 2.24) is 4.31 Å². The van der Waals surface area contributed by atoms with Gasteiger partial charge >= 0.3 is 0 Å². The number of hydrogen-bond donors (Lipinski definition) is 1. The molecule has 0 saturated carbocycles. The molecule has 6 nitrogen and oxygen atoms in total. The summed E-state index contributed by atoms with van der Waals surface area (Å²) in [5.41, 5.74) is 0.514. The van der Waals surface area contributed by atoms with Gasteiger partial charge < -0.3 is 5.32 Å². The third-order valence-corrected chi connectivity index (χ3v) is 6.05. The summed E-state index contributed by atoms with van der Waals surface area (Å²) in [5, 5.41) is 3.08. The molecule has 1 fully saturated rings. The number of para-hydroxylation sites is 1. The molecule has 1 aromatic carbocycles. The third-order valence-electron chi connectivity index (χ3n) is 3.56. The van der Waals surface area contributed by atoms with Crippen LogP contribution in [0.25, 0.3) is 0 Å². The highest BCUT2D eigenvalue weighted by molar-refractivity contribution is 7.90. The van der Waals surface area contributed by atoms with Crippen molar-refractivity contribution in [3.8, 4) is 0 Å². The average Bonchev–Trinajstić information content (AvgIpc) is 2.84. The van der Waals surface area contributed by atoms with E-state index in [9.17, 15) is 16.8 Å². The molecule has 1 heterocycles. The molecular weight excluding hydrogens is 312 g/mol. The minimum Gasteiger partial charge on any atom is -0.382 e. The summed E-state index contributed by atoms with van der Waals surface area (Å²) < 4.78 is 48.3. The van der Waals surface area contributed by atoms with Gasteiger partial charge in [-0.25, -0.2) is 16.8 Å². The molecule has 0 unspecified atom stereocenters. The Labute approximate surface area is 126 Å². The standard InChI is InChI=1S/C13H20N2O4S2/c1-20(16,17)13-8-4-3-7-12(13)14-10-11-6-5-9-15(11)21(2,18)19/h3-4,7-8,11,14H,5-6,9-10H2,1-2H3/t11-/m1/s1. The van der Waals surface area contributed by atoms with Crippen LogP contribution in [0, 0.1) is 0 Å². The van der Waals surface area contributed by atoms with Crippen LogP contribution in [0.15, 0.2) is 29.2 Å². The monoisotopic (exact) mass is 332 g/mol. The van der Waals surface area contributed by atoms with Crippen molar-refractivity contribution < 1.29 is 16.8 Å². The molecule has 0 radical (unpaired) electrons. The summed E-state index contributed by atoms with van der Waals surface area (Å²) in [6, 6.07) is 6.52. The van der Waals surface area contributed by atoms with Gasteiger partial charge in [0.05, 0.1) is 16.8 Å². The van der Waals surface area contributed by atoms with Crippen molar-refractivity contribution in [1.29, 1.82) is 0 Å². The first-order chi connectivity index (χ1) is 9.69. The maximum atomic E-state index is 11.7. The third kappa shape index (κ3) is 3.96. The van der Waals surface area contributed by atoms with E-state index >= 15 is 0 Å². The van der Waals surface area contributed by atoms with E-state index in [1.165, 1.54) is 10.6 Å². The summed E-state index contributed by atoms with van der Waals surface area (Å²) >= 11 is 0. The van der Waals surface area contributed by atoms with Crippen molar-refractivity contribution >= 4 is 25.5 Å². The van der Waals surface area contributed by atoms with Crippen LogP contribution in [-0.4, -0.2) is 52.8 Å². The number of hydrogen-bond acceptors (Lipinski definition) is 5. The Hall–Kier alpha value is -1.12. The molecule has 0 spiro atoms. The van der Waals surface area contributed by atoms with E-state index < -0.39 is 19.9 Å². The molecular formula is C13H20N2O4S2. The van der Waals surface area contributed by atoms with Gasteiger partial charge in [0.25, 0.3) is 0 Å². The number of nitrogens with one attached hydrogen (secondary N) is 1. The lowest BCUT2D eigenvalue weighted by atomic mass is 10.2.